The van der Waals surface area contributed by atoms with Crippen LogP contribution in [0.4, 0.5) is 0 Å². The maximum Gasteiger partial charge on any atom is 0.246 e. The number of nitrogens with zero attached hydrogens (tertiary/aromatic N) is 3. The standard InChI is InChI=1S/C35H36N6O4/c1-43-26-15-11-24(12-16-26)32(33(40-37)34(36)42)39-31-20-19-28(45-31)21-41-30-10-6-5-9-29(30)38-35(41)25-13-17-27(18-14-25)44-22-23-7-3-2-4-8-23/h2-18,28,31-33,37,39H,19-22H2,1H3,(H2,36,42)/t28-,31+,32?,33?/m0/s1. The summed E-state index contributed by atoms with van der Waals surface area (Å²) in [5, 5.41) is 6.95. The molecule has 230 valence electrons. The molecule has 1 aromatic heterocycles. The van der Waals surface area contributed by atoms with Crippen molar-refractivity contribution in [3.63, 3.8) is 0 Å². The molecule has 0 radical (unpaired) electrons. The van der Waals surface area contributed by atoms with Gasteiger partial charge in [-0.25, -0.2) is 10.5 Å². The normalized spacial score (nSPS) is 17.5. The third-order valence-corrected chi connectivity index (χ3v) is 8.10. The second-order valence-electron chi connectivity index (χ2n) is 11.1. The van der Waals surface area contributed by atoms with Crippen LogP contribution in [0.2, 0.25) is 0 Å². The predicted octanol–water partition coefficient (Wildman–Crippen LogP) is 6.01. The summed E-state index contributed by atoms with van der Waals surface area (Å²) >= 11 is 0. The molecule has 5 aromatic rings. The second kappa shape index (κ2) is 13.7. The Balaban J connectivity index is 1.18. The van der Waals surface area contributed by atoms with E-state index < -0.39 is 18.0 Å². The highest BCUT2D eigenvalue weighted by Gasteiger charge is 2.34. The number of carbonyl (C=O) groups is 1. The van der Waals surface area contributed by atoms with Crippen LogP contribution in [0.15, 0.2) is 108 Å². The lowest BCUT2D eigenvalue weighted by Gasteiger charge is -2.26. The van der Waals surface area contributed by atoms with E-state index in [9.17, 15) is 4.79 Å². The fourth-order valence-electron chi connectivity index (χ4n) is 5.77. The van der Waals surface area contributed by atoms with Crippen LogP contribution in [-0.2, 0) is 22.7 Å². The first-order valence-corrected chi connectivity index (χ1v) is 15.0. The molecule has 6 rings (SSSR count). The van der Waals surface area contributed by atoms with Crippen LogP contribution < -0.4 is 20.5 Å². The number of primary amides is 1. The average molecular weight is 605 g/mol. The van der Waals surface area contributed by atoms with Gasteiger partial charge in [-0.1, -0.05) is 54.6 Å². The number of methoxy groups -OCH3 is 1. The quantitative estimate of drug-likeness (QED) is 0.141. The van der Waals surface area contributed by atoms with Crippen molar-refractivity contribution in [2.75, 3.05) is 7.11 Å². The first kappa shape index (κ1) is 30.0. The largest absolute Gasteiger partial charge is 0.497 e. The van der Waals surface area contributed by atoms with E-state index in [1.807, 2.05) is 84.9 Å². The molecule has 45 heavy (non-hydrogen) atoms. The zero-order valence-electron chi connectivity index (χ0n) is 25.0. The fourth-order valence-corrected chi connectivity index (χ4v) is 5.77. The van der Waals surface area contributed by atoms with E-state index in [1.54, 1.807) is 19.2 Å². The highest BCUT2D eigenvalue weighted by molar-refractivity contribution is 5.81. The maximum atomic E-state index is 12.2. The zero-order valence-corrected chi connectivity index (χ0v) is 25.0. The Morgan fingerprint density at radius 1 is 1.00 bits per heavy atom. The van der Waals surface area contributed by atoms with E-state index in [1.165, 1.54) is 0 Å². The van der Waals surface area contributed by atoms with Crippen LogP contribution in [0.5, 0.6) is 11.5 Å². The monoisotopic (exact) mass is 604 g/mol. The minimum atomic E-state index is -1.08. The minimum absolute atomic E-state index is 0.108. The Morgan fingerprint density at radius 2 is 1.71 bits per heavy atom. The van der Waals surface area contributed by atoms with Crippen LogP contribution in [0.3, 0.4) is 0 Å². The first-order valence-electron chi connectivity index (χ1n) is 15.0. The number of benzene rings is 4. The highest BCUT2D eigenvalue weighted by Crippen LogP contribution is 2.31. The molecule has 4 aromatic carbocycles. The molecule has 10 nitrogen and oxygen atoms in total. The van der Waals surface area contributed by atoms with E-state index in [4.69, 9.17) is 30.5 Å². The topological polar surface area (TPSA) is 137 Å². The van der Waals surface area contributed by atoms with Crippen molar-refractivity contribution in [2.45, 2.75) is 50.4 Å². The van der Waals surface area contributed by atoms with Gasteiger partial charge < -0.3 is 24.5 Å². The molecule has 4 N–H and O–H groups in total. The lowest BCUT2D eigenvalue weighted by Crippen LogP contribution is -2.44. The Bertz CT molecular complexity index is 1740. The van der Waals surface area contributed by atoms with Crippen molar-refractivity contribution < 1.29 is 19.0 Å². The molecule has 4 atom stereocenters. The third-order valence-electron chi connectivity index (χ3n) is 8.10. The molecule has 1 fully saturated rings. The second-order valence-corrected chi connectivity index (χ2v) is 11.1. The fraction of sp³-hybridized carbons (Fsp3) is 0.257. The van der Waals surface area contributed by atoms with Crippen LogP contribution in [0, 0.1) is 5.53 Å². The van der Waals surface area contributed by atoms with E-state index in [0.29, 0.717) is 18.9 Å². The SMILES string of the molecule is COc1ccc(C(N[C@H]2CC[C@@H](Cn3c(-c4ccc(OCc5ccccc5)cc4)nc4ccccc43)O2)C(N=N)C(N)=O)cc1. The smallest absolute Gasteiger partial charge is 0.246 e. The Hall–Kier alpha value is -5.06. The van der Waals surface area contributed by atoms with Gasteiger partial charge in [-0.2, -0.15) is 5.11 Å². The summed E-state index contributed by atoms with van der Waals surface area (Å²) in [5.74, 6) is 1.65. The van der Waals surface area contributed by atoms with Gasteiger partial charge in [0.2, 0.25) is 5.91 Å². The number of nitrogens with one attached hydrogen (secondary N) is 2. The molecule has 1 aliphatic heterocycles. The Kier molecular flexibility index (Phi) is 9.14. The molecule has 0 bridgehead atoms. The summed E-state index contributed by atoms with van der Waals surface area (Å²) in [5.41, 5.74) is 18.1. The summed E-state index contributed by atoms with van der Waals surface area (Å²) < 4.78 is 20.0. The lowest BCUT2D eigenvalue weighted by atomic mass is 9.98. The first-order chi connectivity index (χ1) is 22.0. The van der Waals surface area contributed by atoms with E-state index in [2.05, 4.69) is 21.1 Å². The van der Waals surface area contributed by atoms with Gasteiger partial charge in [-0.3, -0.25) is 10.1 Å². The zero-order chi connectivity index (χ0) is 31.2. The number of fused-ring (bicyclic) bond motifs is 1. The number of rotatable bonds is 13. The van der Waals surface area contributed by atoms with Gasteiger partial charge in [0.05, 0.1) is 36.8 Å². The van der Waals surface area contributed by atoms with Crippen LogP contribution in [0.25, 0.3) is 22.4 Å². The Morgan fingerprint density at radius 3 is 2.42 bits per heavy atom. The molecular weight excluding hydrogens is 568 g/mol. The van der Waals surface area contributed by atoms with E-state index in [0.717, 1.165) is 52.1 Å². The van der Waals surface area contributed by atoms with Gasteiger partial charge in [0.25, 0.3) is 0 Å². The number of imidazole rings is 1. The molecule has 0 aliphatic carbocycles. The summed E-state index contributed by atoms with van der Waals surface area (Å²) in [6.07, 6.45) is 1.05. The van der Waals surface area contributed by atoms with Crippen molar-refractivity contribution in [1.82, 2.24) is 14.9 Å². The number of hydrogen-bond acceptors (Lipinski definition) is 8. The minimum Gasteiger partial charge on any atom is -0.497 e. The van der Waals surface area contributed by atoms with Gasteiger partial charge in [-0.15, -0.1) is 0 Å². The number of nitrogens with two attached hydrogens (primary N) is 1. The number of carbonyl (C=O) groups excluding carboxylic acids is 1. The Labute approximate surface area is 261 Å². The summed E-state index contributed by atoms with van der Waals surface area (Å²) in [4.78, 5) is 17.2. The van der Waals surface area contributed by atoms with Crippen LogP contribution in [0.1, 0.15) is 30.0 Å². The van der Waals surface area contributed by atoms with Crippen LogP contribution in [-0.4, -0.2) is 40.9 Å². The van der Waals surface area contributed by atoms with Gasteiger partial charge in [0.15, 0.2) is 6.04 Å². The van der Waals surface area contributed by atoms with Gasteiger partial charge in [0, 0.05) is 5.56 Å². The van der Waals surface area contributed by atoms with Crippen molar-refractivity contribution in [2.24, 2.45) is 10.8 Å². The van der Waals surface area contributed by atoms with Crippen molar-refractivity contribution in [3.05, 3.63) is 114 Å². The lowest BCUT2D eigenvalue weighted by molar-refractivity contribution is -0.120. The molecule has 10 heteroatoms. The summed E-state index contributed by atoms with van der Waals surface area (Å²) in [6.45, 7) is 1.10. The van der Waals surface area contributed by atoms with Gasteiger partial charge in [-0.05, 0) is 72.5 Å². The molecule has 2 unspecified atom stereocenters. The molecular formula is C35H36N6O4. The van der Waals surface area contributed by atoms with E-state index in [-0.39, 0.29) is 12.3 Å². The maximum absolute atomic E-state index is 12.2. The molecule has 0 saturated carbocycles. The number of amides is 1. The number of aromatic nitrogens is 2. The van der Waals surface area contributed by atoms with Gasteiger partial charge in [0.1, 0.15) is 30.2 Å². The number of para-hydroxylation sites is 2. The highest BCUT2D eigenvalue weighted by atomic mass is 16.5. The predicted molar refractivity (Wildman–Crippen MR) is 171 cm³/mol. The number of ether oxygens (including phenoxy) is 3. The van der Waals surface area contributed by atoms with E-state index >= 15 is 0 Å². The van der Waals surface area contributed by atoms with Crippen LogP contribution >= 0.6 is 0 Å². The number of hydrogen-bond donors (Lipinski definition) is 3. The van der Waals surface area contributed by atoms with Crippen molar-refractivity contribution in [3.8, 4) is 22.9 Å². The van der Waals surface area contributed by atoms with Gasteiger partial charge >= 0.3 is 0 Å². The molecule has 1 amide bonds. The molecule has 2 heterocycles. The molecule has 1 aliphatic rings. The summed E-state index contributed by atoms with van der Waals surface area (Å²) in [6, 6.07) is 31.8. The van der Waals surface area contributed by atoms with Crippen molar-refractivity contribution in [1.29, 1.82) is 5.53 Å². The van der Waals surface area contributed by atoms with Crippen molar-refractivity contribution >= 4 is 16.9 Å². The average Bonchev–Trinajstić information content (AvgIpc) is 3.68. The third kappa shape index (κ3) is 6.87. The summed E-state index contributed by atoms with van der Waals surface area (Å²) in [7, 11) is 1.59. The molecule has 1 saturated heterocycles. The molecule has 0 spiro atoms.